The molecule has 1 N–H and O–H groups in total. The number of aromatic nitrogens is 1. The normalized spacial score (nSPS) is 15.7. The number of hydrogen-bond acceptors (Lipinski definition) is 4. The lowest BCUT2D eigenvalue weighted by Crippen LogP contribution is -2.25. The van der Waals surface area contributed by atoms with Crippen LogP contribution in [0.5, 0.6) is 0 Å². The van der Waals surface area contributed by atoms with Crippen molar-refractivity contribution in [3.8, 4) is 11.1 Å². The van der Waals surface area contributed by atoms with E-state index in [9.17, 15) is 23.1 Å². The highest BCUT2D eigenvalue weighted by atomic mass is 32.2. The van der Waals surface area contributed by atoms with Gasteiger partial charge in [-0.25, -0.2) is 22.0 Å². The van der Waals surface area contributed by atoms with Crippen LogP contribution in [0.3, 0.4) is 0 Å². The minimum atomic E-state index is -3.77. The molecule has 0 saturated heterocycles. The molecule has 0 unspecified atom stereocenters. The van der Waals surface area contributed by atoms with Crippen LogP contribution < -0.4 is 5.43 Å². The summed E-state index contributed by atoms with van der Waals surface area (Å²) < 4.78 is 60.4. The number of pyridine rings is 1. The molecule has 3 aromatic carbocycles. The zero-order valence-corrected chi connectivity index (χ0v) is 21.1. The third-order valence-corrected chi connectivity index (χ3v) is 9.03. The zero-order valence-electron chi connectivity index (χ0n) is 20.2. The van der Waals surface area contributed by atoms with Crippen molar-refractivity contribution in [2.75, 3.05) is 0 Å². The lowest BCUT2D eigenvalue weighted by atomic mass is 9.97. The molecule has 0 radical (unpaired) electrons. The highest BCUT2D eigenvalue weighted by Gasteiger charge is 2.33. The molecule has 10 heteroatoms. The van der Waals surface area contributed by atoms with Gasteiger partial charge in [-0.2, -0.15) is 4.31 Å². The summed E-state index contributed by atoms with van der Waals surface area (Å²) >= 11 is 0. The van der Waals surface area contributed by atoms with Crippen molar-refractivity contribution >= 4 is 26.9 Å². The smallest absolute Gasteiger partial charge is 0.341 e. The maximum atomic E-state index is 16.0. The number of benzene rings is 3. The molecule has 2 aliphatic rings. The van der Waals surface area contributed by atoms with E-state index in [1.807, 2.05) is 6.92 Å². The molecule has 6 rings (SSSR count). The molecule has 38 heavy (non-hydrogen) atoms. The molecule has 1 fully saturated rings. The maximum absolute atomic E-state index is 16.0. The van der Waals surface area contributed by atoms with E-state index in [4.69, 9.17) is 0 Å². The summed E-state index contributed by atoms with van der Waals surface area (Å²) in [4.78, 5) is 24.5. The van der Waals surface area contributed by atoms with Crippen LogP contribution in [0.15, 0.2) is 64.4 Å². The molecule has 7 nitrogen and oxygen atoms in total. The fourth-order valence-corrected chi connectivity index (χ4v) is 6.44. The van der Waals surface area contributed by atoms with Crippen LogP contribution in [0.25, 0.3) is 22.0 Å². The number of halogens is 2. The summed E-state index contributed by atoms with van der Waals surface area (Å²) in [6, 6.07) is 12.0. The molecular formula is C28H22F2N2O5S. The van der Waals surface area contributed by atoms with E-state index >= 15 is 8.78 Å². The Hall–Kier alpha value is -3.89. The van der Waals surface area contributed by atoms with Crippen LogP contribution in [0, 0.1) is 18.6 Å². The second kappa shape index (κ2) is 8.57. The summed E-state index contributed by atoms with van der Waals surface area (Å²) in [7, 11) is -3.77. The summed E-state index contributed by atoms with van der Waals surface area (Å²) in [5.41, 5.74) is 0.518. The molecule has 1 aliphatic heterocycles. The average Bonchev–Trinajstić information content (AvgIpc) is 3.62. The monoisotopic (exact) mass is 536 g/mol. The van der Waals surface area contributed by atoms with Crippen molar-refractivity contribution < 1.29 is 27.1 Å². The lowest BCUT2D eigenvalue weighted by Gasteiger charge is -2.16. The van der Waals surface area contributed by atoms with Crippen molar-refractivity contribution in [2.24, 2.45) is 0 Å². The number of nitrogens with zero attached hydrogens (tertiary/aromatic N) is 2. The Morgan fingerprint density at radius 3 is 2.34 bits per heavy atom. The first-order valence-corrected chi connectivity index (χ1v) is 13.5. The van der Waals surface area contributed by atoms with Gasteiger partial charge in [0.05, 0.1) is 21.4 Å². The van der Waals surface area contributed by atoms with Crippen molar-refractivity contribution in [1.29, 1.82) is 0 Å². The quantitative estimate of drug-likeness (QED) is 0.388. The van der Waals surface area contributed by atoms with Crippen LogP contribution in [0.2, 0.25) is 0 Å². The van der Waals surface area contributed by atoms with Crippen molar-refractivity contribution in [1.82, 2.24) is 8.87 Å². The zero-order chi connectivity index (χ0) is 26.9. The average molecular weight is 537 g/mol. The number of hydrogen-bond donors (Lipinski definition) is 1. The molecular weight excluding hydrogens is 514 g/mol. The topological polar surface area (TPSA) is 96.7 Å². The number of aromatic carboxylic acids is 1. The summed E-state index contributed by atoms with van der Waals surface area (Å²) in [6.07, 6.45) is 2.51. The third-order valence-electron chi connectivity index (χ3n) is 7.23. The molecule has 0 bridgehead atoms. The van der Waals surface area contributed by atoms with Crippen molar-refractivity contribution in [3.05, 3.63) is 98.8 Å². The lowest BCUT2D eigenvalue weighted by molar-refractivity contribution is 0.0694. The summed E-state index contributed by atoms with van der Waals surface area (Å²) in [5.74, 6) is -3.41. The fourth-order valence-electron chi connectivity index (χ4n) is 5.05. The first-order chi connectivity index (χ1) is 18.1. The molecule has 2 heterocycles. The number of aryl methyl sites for hydroxylation is 1. The van der Waals surface area contributed by atoms with E-state index in [2.05, 4.69) is 0 Å². The molecule has 0 spiro atoms. The molecule has 4 aromatic rings. The number of carboxylic acid groups (broad SMARTS) is 1. The van der Waals surface area contributed by atoms with E-state index < -0.39 is 38.6 Å². The Balaban J connectivity index is 1.44. The van der Waals surface area contributed by atoms with Gasteiger partial charge in [0.1, 0.15) is 11.4 Å². The Morgan fingerprint density at radius 1 is 1.00 bits per heavy atom. The van der Waals surface area contributed by atoms with Gasteiger partial charge < -0.3 is 9.67 Å². The minimum absolute atomic E-state index is 0.0466. The van der Waals surface area contributed by atoms with Gasteiger partial charge >= 0.3 is 5.97 Å². The van der Waals surface area contributed by atoms with Gasteiger partial charge in [0.2, 0.25) is 15.5 Å². The second-order valence-corrected chi connectivity index (χ2v) is 11.8. The van der Waals surface area contributed by atoms with Crippen LogP contribution in [0.1, 0.15) is 45.9 Å². The predicted molar refractivity (Wildman–Crippen MR) is 136 cm³/mol. The SMILES string of the molecule is Cc1ccc(S(=O)(=O)N2Cc3ccc(-c4c(F)cc5c(=O)c(C(=O)O)cn(C6CC6)c5c4F)cc3C2)cc1. The standard InChI is InChI=1S/C28H22F2N2O5S/c1-15-2-8-20(9-3-15)38(36,37)31-12-17-5-4-16(10-18(17)13-31)24-23(29)11-21-26(25(24)30)32(19-6-7-19)14-22(27(21)33)28(34)35/h2-5,8-11,14,19H,6-7,12-13H2,1H3,(H,34,35). The number of rotatable bonds is 5. The highest BCUT2D eigenvalue weighted by Crippen LogP contribution is 2.40. The van der Waals surface area contributed by atoms with Gasteiger partial charge in [0, 0.05) is 25.3 Å². The fraction of sp³-hybridized carbons (Fsp3) is 0.214. The van der Waals surface area contributed by atoms with E-state index in [0.29, 0.717) is 18.4 Å². The molecule has 1 aromatic heterocycles. The third kappa shape index (κ3) is 3.83. The van der Waals surface area contributed by atoms with Crippen LogP contribution in [-0.2, 0) is 23.1 Å². The van der Waals surface area contributed by atoms with Crippen LogP contribution in [0.4, 0.5) is 8.78 Å². The first-order valence-electron chi connectivity index (χ1n) is 12.1. The van der Waals surface area contributed by atoms with Gasteiger partial charge in [-0.05, 0) is 60.7 Å². The highest BCUT2D eigenvalue weighted by molar-refractivity contribution is 7.89. The van der Waals surface area contributed by atoms with E-state index in [1.165, 1.54) is 14.9 Å². The largest absolute Gasteiger partial charge is 0.477 e. The number of fused-ring (bicyclic) bond motifs is 2. The summed E-state index contributed by atoms with van der Waals surface area (Å²) in [6.45, 7) is 2.04. The molecule has 194 valence electrons. The Labute approximate surface area is 216 Å². The molecule has 0 atom stereocenters. The van der Waals surface area contributed by atoms with Crippen LogP contribution in [-0.4, -0.2) is 28.4 Å². The second-order valence-electron chi connectivity index (χ2n) is 9.83. The van der Waals surface area contributed by atoms with Gasteiger partial charge in [0.25, 0.3) is 0 Å². The van der Waals surface area contributed by atoms with Crippen molar-refractivity contribution in [2.45, 2.75) is 43.8 Å². The van der Waals surface area contributed by atoms with Crippen molar-refractivity contribution in [3.63, 3.8) is 0 Å². The van der Waals surface area contributed by atoms with Gasteiger partial charge in [0.15, 0.2) is 5.82 Å². The molecule has 0 amide bonds. The predicted octanol–water partition coefficient (Wildman–Crippen LogP) is 4.99. The Bertz CT molecular complexity index is 1830. The number of carboxylic acids is 1. The van der Waals surface area contributed by atoms with E-state index in [-0.39, 0.29) is 46.1 Å². The minimum Gasteiger partial charge on any atom is -0.477 e. The first kappa shape index (κ1) is 24.4. The summed E-state index contributed by atoms with van der Waals surface area (Å²) in [5, 5.41) is 9.10. The molecule has 1 saturated carbocycles. The molecule has 1 aliphatic carbocycles. The van der Waals surface area contributed by atoms with Gasteiger partial charge in [-0.1, -0.05) is 29.8 Å². The number of sulfonamides is 1. The Kier molecular flexibility index (Phi) is 5.51. The van der Waals surface area contributed by atoms with Gasteiger partial charge in [-0.3, -0.25) is 4.79 Å². The van der Waals surface area contributed by atoms with Gasteiger partial charge in [-0.15, -0.1) is 0 Å². The van der Waals surface area contributed by atoms with Crippen LogP contribution >= 0.6 is 0 Å². The van der Waals surface area contributed by atoms with E-state index in [0.717, 1.165) is 23.4 Å². The number of carbonyl (C=O) groups is 1. The van der Waals surface area contributed by atoms with E-state index in [1.54, 1.807) is 36.4 Å². The maximum Gasteiger partial charge on any atom is 0.341 e. The Morgan fingerprint density at radius 2 is 1.68 bits per heavy atom.